The van der Waals surface area contributed by atoms with E-state index < -0.39 is 0 Å². The lowest BCUT2D eigenvalue weighted by atomic mass is 10.1. The number of carbonyl (C=O) groups is 1. The Labute approximate surface area is 177 Å². The first-order valence-electron chi connectivity index (χ1n) is 10.2. The summed E-state index contributed by atoms with van der Waals surface area (Å²) in [5.74, 6) is 1.06. The molecule has 1 aliphatic heterocycles. The van der Waals surface area contributed by atoms with Gasteiger partial charge in [-0.25, -0.2) is 4.98 Å². The van der Waals surface area contributed by atoms with Gasteiger partial charge in [-0.2, -0.15) is 0 Å². The maximum absolute atomic E-state index is 12.4. The summed E-state index contributed by atoms with van der Waals surface area (Å²) in [7, 11) is 1.84. The van der Waals surface area contributed by atoms with Gasteiger partial charge in [0, 0.05) is 31.9 Å². The molecule has 0 atom stereocenters. The lowest BCUT2D eigenvalue weighted by Gasteiger charge is -2.25. The van der Waals surface area contributed by atoms with Crippen molar-refractivity contribution < 1.29 is 14.3 Å². The molecule has 0 radical (unpaired) electrons. The number of rotatable bonds is 9. The minimum atomic E-state index is 0.123. The molecular weight excluding hydrogens is 386 g/mol. The molecule has 2 heterocycles. The second-order valence-corrected chi connectivity index (χ2v) is 8.49. The van der Waals surface area contributed by atoms with Crippen molar-refractivity contribution in [1.82, 2.24) is 14.8 Å². The number of thiazole rings is 1. The lowest BCUT2D eigenvalue weighted by molar-refractivity contribution is -0.130. The fourth-order valence-electron chi connectivity index (χ4n) is 3.39. The third kappa shape index (κ3) is 6.52. The van der Waals surface area contributed by atoms with E-state index in [4.69, 9.17) is 14.5 Å². The summed E-state index contributed by atoms with van der Waals surface area (Å²) in [4.78, 5) is 21.3. The second-order valence-electron chi connectivity index (χ2n) is 7.54. The van der Waals surface area contributed by atoms with Gasteiger partial charge in [0.05, 0.1) is 38.6 Å². The van der Waals surface area contributed by atoms with Crippen molar-refractivity contribution in [2.75, 3.05) is 40.0 Å². The van der Waals surface area contributed by atoms with Gasteiger partial charge in [0.25, 0.3) is 0 Å². The van der Waals surface area contributed by atoms with Gasteiger partial charge in [-0.3, -0.25) is 9.69 Å². The summed E-state index contributed by atoms with van der Waals surface area (Å²) in [6, 6.07) is 6.12. The van der Waals surface area contributed by atoms with Gasteiger partial charge < -0.3 is 14.4 Å². The van der Waals surface area contributed by atoms with Crippen molar-refractivity contribution in [3.8, 4) is 5.75 Å². The average molecular weight is 418 g/mol. The number of benzene rings is 1. The molecule has 1 fully saturated rings. The van der Waals surface area contributed by atoms with Crippen LogP contribution in [-0.2, 0) is 22.6 Å². The minimum Gasteiger partial charge on any atom is -0.493 e. The number of aryl methyl sites for hydroxylation is 2. The molecule has 1 aliphatic rings. The molecule has 0 saturated carbocycles. The Kier molecular flexibility index (Phi) is 8.03. The number of nitrogens with zero attached hydrogens (tertiary/aromatic N) is 3. The summed E-state index contributed by atoms with van der Waals surface area (Å²) < 4.78 is 11.3. The van der Waals surface area contributed by atoms with E-state index in [2.05, 4.69) is 10.3 Å². The molecule has 7 heteroatoms. The first kappa shape index (κ1) is 21.7. The Hall–Kier alpha value is -1.96. The molecule has 0 aliphatic carbocycles. The van der Waals surface area contributed by atoms with E-state index >= 15 is 0 Å². The summed E-state index contributed by atoms with van der Waals surface area (Å²) in [5.41, 5.74) is 3.22. The van der Waals surface area contributed by atoms with Crippen molar-refractivity contribution in [3.05, 3.63) is 45.4 Å². The number of aromatic nitrogens is 1. The molecule has 1 aromatic heterocycles. The van der Waals surface area contributed by atoms with Crippen LogP contribution >= 0.6 is 11.3 Å². The molecule has 1 amide bonds. The van der Waals surface area contributed by atoms with Crippen LogP contribution in [0.25, 0.3) is 0 Å². The van der Waals surface area contributed by atoms with Crippen molar-refractivity contribution >= 4 is 17.2 Å². The van der Waals surface area contributed by atoms with E-state index in [9.17, 15) is 4.79 Å². The van der Waals surface area contributed by atoms with Crippen molar-refractivity contribution in [1.29, 1.82) is 0 Å². The summed E-state index contributed by atoms with van der Waals surface area (Å²) in [6.45, 7) is 9.55. The second kappa shape index (κ2) is 10.7. The third-order valence-corrected chi connectivity index (χ3v) is 5.96. The number of morpholine rings is 1. The normalized spacial score (nSPS) is 14.7. The maximum atomic E-state index is 12.4. The zero-order chi connectivity index (χ0) is 20.6. The molecule has 0 bridgehead atoms. The lowest BCUT2D eigenvalue weighted by Crippen LogP contribution is -2.35. The molecule has 0 unspecified atom stereocenters. The fraction of sp³-hybridized carbons (Fsp3) is 0.545. The monoisotopic (exact) mass is 417 g/mol. The summed E-state index contributed by atoms with van der Waals surface area (Å²) >= 11 is 1.67. The summed E-state index contributed by atoms with van der Waals surface area (Å²) in [6.07, 6.45) is 1.18. The number of carbonyl (C=O) groups excluding carboxylic acids is 1. The fourth-order valence-corrected chi connectivity index (χ4v) is 4.22. The Morgan fingerprint density at radius 1 is 1.28 bits per heavy atom. The van der Waals surface area contributed by atoms with Crippen molar-refractivity contribution in [2.24, 2.45) is 0 Å². The Morgan fingerprint density at radius 3 is 2.72 bits per heavy atom. The molecule has 1 aromatic carbocycles. The molecular formula is C22H31N3O3S. The SMILES string of the molecule is Cc1cccc(C)c1OCCCC(=O)N(C)Cc1csc(CN2CCOCC2)n1. The Bertz CT molecular complexity index is 782. The number of ether oxygens (including phenoxy) is 2. The van der Waals surface area contributed by atoms with Crippen LogP contribution in [0.5, 0.6) is 5.75 Å². The summed E-state index contributed by atoms with van der Waals surface area (Å²) in [5, 5.41) is 3.16. The van der Waals surface area contributed by atoms with Gasteiger partial charge in [0.2, 0.25) is 5.91 Å². The van der Waals surface area contributed by atoms with E-state index in [1.165, 1.54) is 0 Å². The van der Waals surface area contributed by atoms with Gasteiger partial charge in [0.15, 0.2) is 0 Å². The number of para-hydroxylation sites is 1. The van der Waals surface area contributed by atoms with Crippen LogP contribution in [0.3, 0.4) is 0 Å². The highest BCUT2D eigenvalue weighted by atomic mass is 32.1. The Morgan fingerprint density at radius 2 is 2.00 bits per heavy atom. The maximum Gasteiger partial charge on any atom is 0.222 e. The zero-order valence-corrected chi connectivity index (χ0v) is 18.5. The van der Waals surface area contributed by atoms with Crippen LogP contribution in [-0.4, -0.2) is 60.6 Å². The molecule has 158 valence electrons. The average Bonchev–Trinajstić information content (AvgIpc) is 3.14. The largest absolute Gasteiger partial charge is 0.493 e. The predicted molar refractivity (Wildman–Crippen MR) is 115 cm³/mol. The van der Waals surface area contributed by atoms with Gasteiger partial charge in [-0.15, -0.1) is 11.3 Å². The molecule has 2 aromatic rings. The van der Waals surface area contributed by atoms with Gasteiger partial charge in [0.1, 0.15) is 10.8 Å². The topological polar surface area (TPSA) is 54.9 Å². The molecule has 1 saturated heterocycles. The molecule has 0 spiro atoms. The molecule has 29 heavy (non-hydrogen) atoms. The Balaban J connectivity index is 1.39. The molecule has 6 nitrogen and oxygen atoms in total. The third-order valence-electron chi connectivity index (χ3n) is 5.08. The highest BCUT2D eigenvalue weighted by Crippen LogP contribution is 2.22. The zero-order valence-electron chi connectivity index (χ0n) is 17.6. The highest BCUT2D eigenvalue weighted by molar-refractivity contribution is 7.09. The smallest absolute Gasteiger partial charge is 0.222 e. The van der Waals surface area contributed by atoms with Crippen molar-refractivity contribution in [3.63, 3.8) is 0 Å². The van der Waals surface area contributed by atoms with Gasteiger partial charge in [-0.05, 0) is 31.4 Å². The van der Waals surface area contributed by atoms with Crippen molar-refractivity contribution in [2.45, 2.75) is 39.8 Å². The van der Waals surface area contributed by atoms with Gasteiger partial charge in [-0.1, -0.05) is 18.2 Å². The van der Waals surface area contributed by atoms with Crippen LogP contribution in [0.2, 0.25) is 0 Å². The highest BCUT2D eigenvalue weighted by Gasteiger charge is 2.15. The molecule has 0 N–H and O–H groups in total. The number of hydrogen-bond acceptors (Lipinski definition) is 6. The number of amides is 1. The van der Waals surface area contributed by atoms with Crippen LogP contribution in [0.1, 0.15) is 34.7 Å². The first-order valence-corrected chi connectivity index (χ1v) is 11.1. The number of hydrogen-bond donors (Lipinski definition) is 0. The quantitative estimate of drug-likeness (QED) is 0.585. The molecule has 3 rings (SSSR count). The van der Waals surface area contributed by atoms with Crippen LogP contribution in [0, 0.1) is 13.8 Å². The van der Waals surface area contributed by atoms with E-state index in [1.54, 1.807) is 16.2 Å². The van der Waals surface area contributed by atoms with E-state index in [1.807, 2.05) is 39.1 Å². The van der Waals surface area contributed by atoms with Crippen LogP contribution in [0.4, 0.5) is 0 Å². The van der Waals surface area contributed by atoms with Crippen LogP contribution in [0.15, 0.2) is 23.6 Å². The standard InChI is InChI=1S/C22H31N3O3S/c1-17-6-4-7-18(2)22(17)28-11-5-8-21(26)24(3)14-19-16-29-20(23-19)15-25-9-12-27-13-10-25/h4,6-7,16H,5,8-15H2,1-3H3. The van der Waals surface area contributed by atoms with E-state index in [0.717, 1.165) is 60.4 Å². The van der Waals surface area contributed by atoms with Gasteiger partial charge >= 0.3 is 0 Å². The minimum absolute atomic E-state index is 0.123. The predicted octanol–water partition coefficient (Wildman–Crippen LogP) is 3.41. The first-order chi connectivity index (χ1) is 14.0. The van der Waals surface area contributed by atoms with E-state index in [0.29, 0.717) is 26.0 Å². The van der Waals surface area contributed by atoms with Crippen LogP contribution < -0.4 is 4.74 Å². The van der Waals surface area contributed by atoms with E-state index in [-0.39, 0.29) is 5.91 Å².